The Morgan fingerprint density at radius 3 is 2.58 bits per heavy atom. The van der Waals surface area contributed by atoms with Crippen LogP contribution in [0.15, 0.2) is 0 Å². The van der Waals surface area contributed by atoms with Crippen molar-refractivity contribution in [2.75, 3.05) is 6.61 Å². The molecule has 0 aliphatic rings. The molecule has 0 aromatic carbocycles. The number of hydrogen-bond acceptors (Lipinski definition) is 3. The number of nitrogens with one attached hydrogen (secondary N) is 1. The van der Waals surface area contributed by atoms with E-state index in [0.717, 1.165) is 12.8 Å². The van der Waals surface area contributed by atoms with Crippen LogP contribution in [-0.2, 0) is 4.74 Å². The highest BCUT2D eigenvalue weighted by Gasteiger charge is 2.16. The minimum Gasteiger partial charge on any atom is -0.376 e. The fourth-order valence-electron chi connectivity index (χ4n) is 1.11. The van der Waals surface area contributed by atoms with Crippen molar-refractivity contribution in [3.05, 3.63) is 0 Å². The zero-order chi connectivity index (χ0) is 9.40. The molecular formula is C9H18N2O. The van der Waals surface area contributed by atoms with Gasteiger partial charge in [0.25, 0.3) is 0 Å². The summed E-state index contributed by atoms with van der Waals surface area (Å²) in [5.74, 6) is 7.83. The van der Waals surface area contributed by atoms with Gasteiger partial charge in [-0.1, -0.05) is 19.3 Å². The maximum absolute atomic E-state index is 5.44. The number of hydrogen-bond donors (Lipinski definition) is 2. The molecule has 0 aromatic heterocycles. The maximum Gasteiger partial charge on any atom is 0.108 e. The van der Waals surface area contributed by atoms with Crippen LogP contribution >= 0.6 is 0 Å². The second-order valence-corrected chi connectivity index (χ2v) is 2.59. The Kier molecular flexibility index (Phi) is 6.78. The van der Waals surface area contributed by atoms with Crippen LogP contribution in [0.2, 0.25) is 0 Å². The van der Waals surface area contributed by atoms with Crippen LogP contribution in [0.3, 0.4) is 0 Å². The highest BCUT2D eigenvalue weighted by Crippen LogP contribution is 2.06. The third-order valence-corrected chi connectivity index (χ3v) is 1.68. The van der Waals surface area contributed by atoms with Crippen LogP contribution in [0.25, 0.3) is 0 Å². The van der Waals surface area contributed by atoms with Crippen molar-refractivity contribution in [2.45, 2.75) is 38.8 Å². The lowest BCUT2D eigenvalue weighted by Gasteiger charge is -2.21. The van der Waals surface area contributed by atoms with Crippen LogP contribution < -0.4 is 11.3 Å². The molecule has 3 nitrogen and oxygen atoms in total. The van der Waals surface area contributed by atoms with Crippen LogP contribution in [0.1, 0.15) is 26.7 Å². The van der Waals surface area contributed by atoms with Gasteiger partial charge < -0.3 is 4.74 Å². The topological polar surface area (TPSA) is 47.3 Å². The molecule has 0 aliphatic heterocycles. The molecule has 2 unspecified atom stereocenters. The average molecular weight is 170 g/mol. The molecule has 0 fully saturated rings. The minimum atomic E-state index is -0.176. The first-order valence-corrected chi connectivity index (χ1v) is 4.33. The fraction of sp³-hybridized carbons (Fsp3) is 0.778. The van der Waals surface area contributed by atoms with E-state index in [1.54, 1.807) is 0 Å². The summed E-state index contributed by atoms with van der Waals surface area (Å²) in [6, 6.07) is -0.176. The van der Waals surface area contributed by atoms with Crippen molar-refractivity contribution in [1.29, 1.82) is 0 Å². The van der Waals surface area contributed by atoms with Gasteiger partial charge in [-0.25, -0.2) is 5.43 Å². The number of hydrazine groups is 1. The van der Waals surface area contributed by atoms with Crippen molar-refractivity contribution >= 4 is 0 Å². The largest absolute Gasteiger partial charge is 0.376 e. The zero-order valence-electron chi connectivity index (χ0n) is 7.84. The molecule has 0 spiro atoms. The highest BCUT2D eigenvalue weighted by molar-refractivity contribution is 5.02. The summed E-state index contributed by atoms with van der Waals surface area (Å²) < 4.78 is 5.44. The van der Waals surface area contributed by atoms with E-state index in [2.05, 4.69) is 18.3 Å². The molecular weight excluding hydrogens is 152 g/mol. The lowest BCUT2D eigenvalue weighted by atomic mass is 10.1. The summed E-state index contributed by atoms with van der Waals surface area (Å²) in [6.07, 6.45) is 7.29. The van der Waals surface area contributed by atoms with E-state index < -0.39 is 0 Å². The number of ether oxygens (including phenoxy) is 1. The van der Waals surface area contributed by atoms with Gasteiger partial charge in [-0.15, -0.1) is 6.42 Å². The normalized spacial score (nSPS) is 15.2. The van der Waals surface area contributed by atoms with E-state index in [1.807, 2.05) is 6.92 Å². The van der Waals surface area contributed by atoms with E-state index in [-0.39, 0.29) is 12.1 Å². The van der Waals surface area contributed by atoms with Gasteiger partial charge in [0, 0.05) is 6.61 Å². The average Bonchev–Trinajstić information content (AvgIpc) is 2.07. The van der Waals surface area contributed by atoms with Gasteiger partial charge >= 0.3 is 0 Å². The zero-order valence-corrected chi connectivity index (χ0v) is 7.84. The molecule has 0 saturated heterocycles. The van der Waals surface area contributed by atoms with Crippen LogP contribution in [0.5, 0.6) is 0 Å². The molecule has 70 valence electrons. The third-order valence-electron chi connectivity index (χ3n) is 1.68. The lowest BCUT2D eigenvalue weighted by Crippen LogP contribution is -2.44. The van der Waals surface area contributed by atoms with Crippen molar-refractivity contribution in [1.82, 2.24) is 5.43 Å². The summed E-state index contributed by atoms with van der Waals surface area (Å²) in [7, 11) is 0. The summed E-state index contributed by atoms with van der Waals surface area (Å²) in [5.41, 5.74) is 2.56. The first kappa shape index (κ1) is 11.4. The fourth-order valence-corrected chi connectivity index (χ4v) is 1.11. The predicted molar refractivity (Wildman–Crippen MR) is 50.3 cm³/mol. The van der Waals surface area contributed by atoms with Crippen LogP contribution in [0, 0.1) is 12.3 Å². The van der Waals surface area contributed by atoms with Crippen molar-refractivity contribution < 1.29 is 4.74 Å². The summed E-state index contributed by atoms with van der Waals surface area (Å²) in [4.78, 5) is 0. The molecule has 0 aliphatic carbocycles. The Morgan fingerprint density at radius 2 is 2.25 bits per heavy atom. The Morgan fingerprint density at radius 1 is 1.58 bits per heavy atom. The summed E-state index contributed by atoms with van der Waals surface area (Å²) >= 11 is 0. The maximum atomic E-state index is 5.44. The summed E-state index contributed by atoms with van der Waals surface area (Å²) in [5, 5.41) is 0. The monoisotopic (exact) mass is 170 g/mol. The molecule has 0 aromatic rings. The van der Waals surface area contributed by atoms with E-state index in [4.69, 9.17) is 17.0 Å². The van der Waals surface area contributed by atoms with Gasteiger partial charge in [0.05, 0.1) is 6.10 Å². The SMILES string of the molecule is C#CC(NN)C(CCC)OCC. The molecule has 3 N–H and O–H groups in total. The molecule has 0 rings (SSSR count). The molecule has 3 heteroatoms. The second kappa shape index (κ2) is 7.11. The van der Waals surface area contributed by atoms with Crippen LogP contribution in [-0.4, -0.2) is 18.8 Å². The Labute approximate surface area is 74.6 Å². The first-order valence-electron chi connectivity index (χ1n) is 4.33. The Bertz CT molecular complexity index is 136. The van der Waals surface area contributed by atoms with E-state index in [0.29, 0.717) is 6.61 Å². The van der Waals surface area contributed by atoms with Gasteiger partial charge in [-0.2, -0.15) is 0 Å². The van der Waals surface area contributed by atoms with Crippen molar-refractivity contribution in [3.63, 3.8) is 0 Å². The van der Waals surface area contributed by atoms with Crippen molar-refractivity contribution in [2.24, 2.45) is 5.84 Å². The van der Waals surface area contributed by atoms with Gasteiger partial charge in [-0.05, 0) is 13.3 Å². The number of terminal acetylenes is 1. The van der Waals surface area contributed by atoms with Crippen molar-refractivity contribution in [3.8, 4) is 12.3 Å². The highest BCUT2D eigenvalue weighted by atomic mass is 16.5. The van der Waals surface area contributed by atoms with E-state index in [1.165, 1.54) is 0 Å². The summed E-state index contributed by atoms with van der Waals surface area (Å²) in [6.45, 7) is 4.72. The van der Waals surface area contributed by atoms with Crippen LogP contribution in [0.4, 0.5) is 0 Å². The smallest absolute Gasteiger partial charge is 0.108 e. The Hall–Kier alpha value is -0.560. The molecule has 0 saturated carbocycles. The molecule has 2 atom stereocenters. The molecule has 0 heterocycles. The standard InChI is InChI=1S/C9H18N2O/c1-4-7-9(12-6-3)8(5-2)11-10/h2,8-9,11H,4,6-7,10H2,1,3H3. The van der Waals surface area contributed by atoms with E-state index in [9.17, 15) is 0 Å². The Balaban J connectivity index is 3.97. The predicted octanol–water partition coefficient (Wildman–Crippen LogP) is 0.657. The number of nitrogens with two attached hydrogens (primary N) is 1. The first-order chi connectivity index (χ1) is 5.79. The molecule has 12 heavy (non-hydrogen) atoms. The van der Waals surface area contributed by atoms with Gasteiger partial charge in [0.2, 0.25) is 0 Å². The van der Waals surface area contributed by atoms with E-state index >= 15 is 0 Å². The van der Waals surface area contributed by atoms with Gasteiger partial charge in [0.15, 0.2) is 0 Å². The molecule has 0 amide bonds. The molecule has 0 bridgehead atoms. The quantitative estimate of drug-likeness (QED) is 0.350. The molecule has 0 radical (unpaired) electrons. The lowest BCUT2D eigenvalue weighted by molar-refractivity contribution is 0.0417. The van der Waals surface area contributed by atoms with Gasteiger partial charge in [0.1, 0.15) is 6.04 Å². The number of rotatable bonds is 6. The second-order valence-electron chi connectivity index (χ2n) is 2.59. The van der Waals surface area contributed by atoms with Gasteiger partial charge in [-0.3, -0.25) is 5.84 Å². The minimum absolute atomic E-state index is 0.0370. The third kappa shape index (κ3) is 3.72.